The van der Waals surface area contributed by atoms with Crippen LogP contribution in [0.1, 0.15) is 25.8 Å². The molecule has 19 heavy (non-hydrogen) atoms. The quantitative estimate of drug-likeness (QED) is 0.568. The number of ether oxygens (including phenoxy) is 1. The van der Waals surface area contributed by atoms with E-state index < -0.39 is 5.38 Å². The zero-order chi connectivity index (χ0) is 14.3. The molecule has 0 heterocycles. The summed E-state index contributed by atoms with van der Waals surface area (Å²) >= 11 is 5.75. The van der Waals surface area contributed by atoms with Crippen molar-refractivity contribution >= 4 is 17.5 Å². The Balaban J connectivity index is 2.33. The van der Waals surface area contributed by atoms with Gasteiger partial charge in [0.05, 0.1) is 6.61 Å². The van der Waals surface area contributed by atoms with Crippen LogP contribution in [0.3, 0.4) is 0 Å². The van der Waals surface area contributed by atoms with Crippen LogP contribution in [0.4, 0.5) is 0 Å². The highest BCUT2D eigenvalue weighted by atomic mass is 35.5. The van der Waals surface area contributed by atoms with E-state index in [0.717, 1.165) is 18.6 Å². The molecule has 0 saturated carbocycles. The summed E-state index contributed by atoms with van der Waals surface area (Å²) in [5, 5.41) is -0.466. The number of carbonyl (C=O) groups excluding carboxylic acids is 1. The van der Waals surface area contributed by atoms with E-state index in [-0.39, 0.29) is 5.91 Å². The summed E-state index contributed by atoms with van der Waals surface area (Å²) < 4.78 is 5.75. The van der Waals surface area contributed by atoms with Crippen molar-refractivity contribution < 1.29 is 9.53 Å². The van der Waals surface area contributed by atoms with Crippen molar-refractivity contribution in [2.45, 2.75) is 32.1 Å². The number of hydrogen-bond donors (Lipinski definition) is 0. The Morgan fingerprint density at radius 3 is 2.74 bits per heavy atom. The lowest BCUT2D eigenvalue weighted by Gasteiger charge is -2.18. The number of alkyl halides is 1. The van der Waals surface area contributed by atoms with Crippen LogP contribution in [0.15, 0.2) is 24.3 Å². The van der Waals surface area contributed by atoms with Gasteiger partial charge in [0.1, 0.15) is 11.1 Å². The Labute approximate surface area is 120 Å². The van der Waals surface area contributed by atoms with E-state index in [0.29, 0.717) is 13.2 Å². The minimum atomic E-state index is -0.466. The predicted octanol–water partition coefficient (Wildman–Crippen LogP) is 3.10. The van der Waals surface area contributed by atoms with Gasteiger partial charge in [-0.05, 0) is 31.4 Å². The van der Waals surface area contributed by atoms with Crippen molar-refractivity contribution in [3.63, 3.8) is 0 Å². The molecule has 1 rings (SSSR count). The molecule has 0 aliphatic rings. The minimum Gasteiger partial charge on any atom is -0.493 e. The van der Waals surface area contributed by atoms with E-state index in [2.05, 4.69) is 13.0 Å². The molecular weight excluding hydrogens is 262 g/mol. The van der Waals surface area contributed by atoms with E-state index in [1.54, 1.807) is 18.9 Å². The lowest BCUT2D eigenvalue weighted by atomic mass is 10.1. The fourth-order valence-corrected chi connectivity index (χ4v) is 2.00. The number of nitrogens with zero attached hydrogens (tertiary/aromatic N) is 1. The number of rotatable bonds is 7. The van der Waals surface area contributed by atoms with E-state index >= 15 is 0 Å². The van der Waals surface area contributed by atoms with Crippen molar-refractivity contribution in [1.82, 2.24) is 4.90 Å². The molecule has 0 aliphatic carbocycles. The van der Waals surface area contributed by atoms with Gasteiger partial charge in [0.15, 0.2) is 0 Å². The fraction of sp³-hybridized carbons (Fsp3) is 0.533. The molecule has 0 saturated heterocycles. The molecule has 1 aromatic rings. The van der Waals surface area contributed by atoms with Gasteiger partial charge in [0, 0.05) is 13.6 Å². The summed E-state index contributed by atoms with van der Waals surface area (Å²) in [4.78, 5) is 13.2. The highest BCUT2D eigenvalue weighted by molar-refractivity contribution is 6.30. The lowest BCUT2D eigenvalue weighted by molar-refractivity contribution is -0.129. The summed E-state index contributed by atoms with van der Waals surface area (Å²) in [6.45, 7) is 5.06. The maximum Gasteiger partial charge on any atom is 0.240 e. The number of benzene rings is 1. The molecule has 1 amide bonds. The molecule has 0 N–H and O–H groups in total. The van der Waals surface area contributed by atoms with Crippen LogP contribution < -0.4 is 4.74 Å². The van der Waals surface area contributed by atoms with Crippen molar-refractivity contribution in [2.24, 2.45) is 0 Å². The number of halogens is 1. The summed E-state index contributed by atoms with van der Waals surface area (Å²) in [5.74, 6) is 0.889. The third-order valence-electron chi connectivity index (χ3n) is 2.97. The van der Waals surface area contributed by atoms with Gasteiger partial charge >= 0.3 is 0 Å². The third kappa shape index (κ3) is 5.11. The van der Waals surface area contributed by atoms with Gasteiger partial charge in [0.2, 0.25) is 5.91 Å². The van der Waals surface area contributed by atoms with Gasteiger partial charge in [-0.25, -0.2) is 0 Å². The first-order valence-electron chi connectivity index (χ1n) is 6.66. The van der Waals surface area contributed by atoms with Gasteiger partial charge in [-0.15, -0.1) is 11.6 Å². The SMILES string of the molecule is CCc1ccccc1OCCCN(C)C(=O)C(C)Cl. The van der Waals surface area contributed by atoms with Gasteiger partial charge in [0.25, 0.3) is 0 Å². The number of carbonyl (C=O) groups is 1. The summed E-state index contributed by atoms with van der Waals surface area (Å²) in [7, 11) is 1.77. The van der Waals surface area contributed by atoms with Crippen LogP contribution in [0.2, 0.25) is 0 Å². The van der Waals surface area contributed by atoms with Crippen molar-refractivity contribution in [3.8, 4) is 5.75 Å². The standard InChI is InChI=1S/C15H22ClNO2/c1-4-13-8-5-6-9-14(13)19-11-7-10-17(3)15(18)12(2)16/h5-6,8-9,12H,4,7,10-11H2,1-3H3. The smallest absolute Gasteiger partial charge is 0.240 e. The second kappa shape index (κ2) is 8.05. The van der Waals surface area contributed by atoms with Crippen LogP contribution >= 0.6 is 11.6 Å². The van der Waals surface area contributed by atoms with Crippen molar-refractivity contribution in [1.29, 1.82) is 0 Å². The number of amides is 1. The maximum absolute atomic E-state index is 11.6. The molecule has 0 fully saturated rings. The molecule has 1 aromatic carbocycles. The second-order valence-electron chi connectivity index (χ2n) is 4.54. The first-order valence-corrected chi connectivity index (χ1v) is 7.09. The van der Waals surface area contributed by atoms with Crippen LogP contribution in [-0.2, 0) is 11.2 Å². The Hall–Kier alpha value is -1.22. The average molecular weight is 284 g/mol. The highest BCUT2D eigenvalue weighted by Gasteiger charge is 2.13. The number of hydrogen-bond acceptors (Lipinski definition) is 2. The normalized spacial score (nSPS) is 12.0. The third-order valence-corrected chi connectivity index (χ3v) is 3.15. The van der Waals surface area contributed by atoms with Crippen molar-refractivity contribution in [2.75, 3.05) is 20.2 Å². The molecule has 0 spiro atoms. The molecule has 1 unspecified atom stereocenters. The van der Waals surface area contributed by atoms with Gasteiger partial charge < -0.3 is 9.64 Å². The molecule has 0 bridgehead atoms. The monoisotopic (exact) mass is 283 g/mol. The van der Waals surface area contributed by atoms with E-state index in [4.69, 9.17) is 16.3 Å². The fourth-order valence-electron chi connectivity index (χ4n) is 1.83. The average Bonchev–Trinajstić information content (AvgIpc) is 2.42. The molecule has 0 radical (unpaired) electrons. The summed E-state index contributed by atoms with van der Waals surface area (Å²) in [5.41, 5.74) is 1.21. The molecule has 0 aromatic heterocycles. The van der Waals surface area contributed by atoms with E-state index in [9.17, 15) is 4.79 Å². The maximum atomic E-state index is 11.6. The molecule has 1 atom stereocenters. The van der Waals surface area contributed by atoms with Crippen LogP contribution in [0.25, 0.3) is 0 Å². The largest absolute Gasteiger partial charge is 0.493 e. The van der Waals surface area contributed by atoms with Crippen LogP contribution in [0.5, 0.6) is 5.75 Å². The first kappa shape index (κ1) is 15.8. The van der Waals surface area contributed by atoms with Crippen molar-refractivity contribution in [3.05, 3.63) is 29.8 Å². The minimum absolute atomic E-state index is 0.0457. The lowest BCUT2D eigenvalue weighted by Crippen LogP contribution is -2.33. The zero-order valence-corrected chi connectivity index (χ0v) is 12.6. The highest BCUT2D eigenvalue weighted by Crippen LogP contribution is 2.18. The molecule has 0 aliphatic heterocycles. The predicted molar refractivity (Wildman–Crippen MR) is 78.9 cm³/mol. The van der Waals surface area contributed by atoms with Gasteiger partial charge in [-0.2, -0.15) is 0 Å². The first-order chi connectivity index (χ1) is 9.06. The molecule has 106 valence electrons. The summed E-state index contributed by atoms with van der Waals surface area (Å²) in [6, 6.07) is 8.04. The molecule has 3 nitrogen and oxygen atoms in total. The zero-order valence-electron chi connectivity index (χ0n) is 11.9. The van der Waals surface area contributed by atoms with Gasteiger partial charge in [-0.1, -0.05) is 25.1 Å². The molecule has 4 heteroatoms. The van der Waals surface area contributed by atoms with Crippen LogP contribution in [0, 0.1) is 0 Å². The second-order valence-corrected chi connectivity index (χ2v) is 5.19. The Morgan fingerprint density at radius 2 is 2.11 bits per heavy atom. The number of aryl methyl sites for hydroxylation is 1. The Kier molecular flexibility index (Phi) is 6.71. The van der Waals surface area contributed by atoms with Gasteiger partial charge in [-0.3, -0.25) is 4.79 Å². The van der Waals surface area contributed by atoms with Crippen LogP contribution in [-0.4, -0.2) is 36.4 Å². The topological polar surface area (TPSA) is 29.5 Å². The van der Waals surface area contributed by atoms with E-state index in [1.807, 2.05) is 18.2 Å². The Bertz CT molecular complexity index is 407. The summed E-state index contributed by atoms with van der Waals surface area (Å²) in [6.07, 6.45) is 1.75. The Morgan fingerprint density at radius 1 is 1.42 bits per heavy atom. The molecular formula is C15H22ClNO2. The van der Waals surface area contributed by atoms with E-state index in [1.165, 1.54) is 5.56 Å². The number of para-hydroxylation sites is 1.